The predicted octanol–water partition coefficient (Wildman–Crippen LogP) is 4.76. The Bertz CT molecular complexity index is 619. The summed E-state index contributed by atoms with van der Waals surface area (Å²) in [5.74, 6) is 2.75. The number of allylic oxidation sites excluding steroid dienone is 2. The van der Waals surface area contributed by atoms with Gasteiger partial charge >= 0.3 is 0 Å². The summed E-state index contributed by atoms with van der Waals surface area (Å²) in [5.41, 5.74) is 2.08. The number of hydrogen-bond donors (Lipinski definition) is 0. The summed E-state index contributed by atoms with van der Waals surface area (Å²) in [5, 5.41) is 2.79. The Morgan fingerprint density at radius 3 is 2.68 bits per heavy atom. The Hall–Kier alpha value is -0.250. The highest BCUT2D eigenvalue weighted by Gasteiger charge is 2.57. The summed E-state index contributed by atoms with van der Waals surface area (Å²) < 4.78 is 0. The molecule has 0 aromatic rings. The number of hydrogen-bond acceptors (Lipinski definition) is 1. The van der Waals surface area contributed by atoms with Gasteiger partial charge in [-0.05, 0) is 65.9 Å². The van der Waals surface area contributed by atoms with Gasteiger partial charge < -0.3 is 0 Å². The largest absolute Gasteiger partial charge is 0.299 e. The molecule has 3 heteroatoms. The zero-order valence-electron chi connectivity index (χ0n) is 13.7. The van der Waals surface area contributed by atoms with Gasteiger partial charge in [0.25, 0.3) is 0 Å². The van der Waals surface area contributed by atoms with E-state index in [0.29, 0.717) is 16.6 Å². The molecule has 5 atom stereocenters. The SMILES string of the molecule is C[C@]12CCC(=O)CC1=CC[C@@H]1[C@@H]2CC[C@]2(C)C(=P)C(=P)C[C@@H]12. The molecule has 0 heterocycles. The van der Waals surface area contributed by atoms with Crippen LogP contribution in [0.3, 0.4) is 0 Å². The van der Waals surface area contributed by atoms with Crippen LogP contribution in [-0.2, 0) is 4.79 Å². The lowest BCUT2D eigenvalue weighted by Crippen LogP contribution is -2.50. The average molecular weight is 332 g/mol. The maximum absolute atomic E-state index is 11.9. The minimum Gasteiger partial charge on any atom is -0.299 e. The summed E-state index contributed by atoms with van der Waals surface area (Å²) in [6.07, 6.45) is 10.0. The zero-order chi connectivity index (χ0) is 15.7. The van der Waals surface area contributed by atoms with Gasteiger partial charge in [-0.25, -0.2) is 0 Å². The smallest absolute Gasteiger partial charge is 0.136 e. The number of carbonyl (C=O) groups excluding carboxylic acids is 1. The van der Waals surface area contributed by atoms with E-state index in [2.05, 4.69) is 37.7 Å². The van der Waals surface area contributed by atoms with Crippen LogP contribution in [0.2, 0.25) is 0 Å². The molecule has 3 fully saturated rings. The third-order valence-electron chi connectivity index (χ3n) is 7.62. The maximum Gasteiger partial charge on any atom is 0.136 e. The van der Waals surface area contributed by atoms with Gasteiger partial charge in [-0.1, -0.05) is 25.5 Å². The first kappa shape index (κ1) is 15.3. The Balaban J connectivity index is 1.72. The highest BCUT2D eigenvalue weighted by Crippen LogP contribution is 2.63. The van der Waals surface area contributed by atoms with E-state index in [0.717, 1.165) is 37.0 Å². The third kappa shape index (κ3) is 1.88. The summed E-state index contributed by atoms with van der Waals surface area (Å²) in [7, 11) is 7.80. The van der Waals surface area contributed by atoms with Crippen LogP contribution in [0.15, 0.2) is 11.6 Å². The van der Waals surface area contributed by atoms with Crippen molar-refractivity contribution in [2.24, 2.45) is 28.6 Å². The zero-order valence-corrected chi connectivity index (χ0v) is 15.7. The van der Waals surface area contributed by atoms with Gasteiger partial charge in [0.2, 0.25) is 0 Å². The summed E-state index contributed by atoms with van der Waals surface area (Å²) >= 11 is 0. The second-order valence-electron chi connectivity index (χ2n) is 8.49. The van der Waals surface area contributed by atoms with Crippen molar-refractivity contribution in [1.29, 1.82) is 0 Å². The van der Waals surface area contributed by atoms with E-state index < -0.39 is 0 Å². The molecule has 4 rings (SSSR count). The average Bonchev–Trinajstić information content (AvgIpc) is 2.72. The second kappa shape index (κ2) is 4.87. The van der Waals surface area contributed by atoms with E-state index in [9.17, 15) is 4.79 Å². The van der Waals surface area contributed by atoms with Gasteiger partial charge in [0, 0.05) is 18.3 Å². The van der Waals surface area contributed by atoms with Crippen molar-refractivity contribution in [2.75, 3.05) is 0 Å². The van der Waals surface area contributed by atoms with Gasteiger partial charge in [0.05, 0.1) is 0 Å². The van der Waals surface area contributed by atoms with E-state index in [4.69, 9.17) is 0 Å². The fourth-order valence-corrected chi connectivity index (χ4v) is 7.07. The first-order chi connectivity index (χ1) is 10.4. The van der Waals surface area contributed by atoms with Crippen molar-refractivity contribution in [3.8, 4) is 0 Å². The molecule has 0 saturated heterocycles. The summed E-state index contributed by atoms with van der Waals surface area (Å²) in [6.45, 7) is 4.91. The monoisotopic (exact) mass is 332 g/mol. The molecule has 0 N–H and O–H groups in total. The standard InChI is InChI=1S/C19H26OP2/c1-18-7-5-12(20)9-11(18)3-4-13-14(18)6-8-19(2)15(13)10-16(21)17(19)22/h3,13-15,21-22H,4-10H2,1-2H3/t13-,14+,15+,18+,19+/m1/s1. The topological polar surface area (TPSA) is 17.1 Å². The molecular formula is C19H26OP2. The molecule has 0 aromatic carbocycles. The van der Waals surface area contributed by atoms with Crippen LogP contribution in [0, 0.1) is 28.6 Å². The number of fused-ring (bicyclic) bond motifs is 5. The highest BCUT2D eigenvalue weighted by atomic mass is 31.0. The molecule has 0 aliphatic heterocycles. The summed E-state index contributed by atoms with van der Waals surface area (Å²) in [6, 6.07) is 0. The van der Waals surface area contributed by atoms with Crippen LogP contribution in [0.4, 0.5) is 0 Å². The lowest BCUT2D eigenvalue weighted by atomic mass is 9.48. The third-order valence-corrected chi connectivity index (χ3v) is 9.20. The molecular weight excluding hydrogens is 306 g/mol. The molecule has 4 aliphatic carbocycles. The number of rotatable bonds is 0. The number of Topliss-reactive ketones (excluding diaryl/α,β-unsaturated/α-hetero) is 1. The van der Waals surface area contributed by atoms with Crippen LogP contribution in [0.1, 0.15) is 58.8 Å². The Morgan fingerprint density at radius 1 is 1.14 bits per heavy atom. The first-order valence-corrected chi connectivity index (χ1v) is 9.74. The minimum atomic E-state index is 0.290. The van der Waals surface area contributed by atoms with Crippen LogP contribution < -0.4 is 0 Å². The Labute approximate surface area is 138 Å². The molecule has 1 nitrogen and oxygen atoms in total. The van der Waals surface area contributed by atoms with Crippen molar-refractivity contribution in [1.82, 2.24) is 0 Å². The van der Waals surface area contributed by atoms with Crippen LogP contribution in [-0.4, -0.2) is 16.4 Å². The molecule has 0 radical (unpaired) electrons. The van der Waals surface area contributed by atoms with Gasteiger partial charge in [0.15, 0.2) is 0 Å². The molecule has 0 amide bonds. The summed E-state index contributed by atoms with van der Waals surface area (Å²) in [4.78, 5) is 11.9. The fourth-order valence-electron chi connectivity index (χ4n) is 6.15. The van der Waals surface area contributed by atoms with Gasteiger partial charge in [-0.15, -0.1) is 17.7 Å². The number of ketones is 1. The first-order valence-electron chi connectivity index (χ1n) is 8.74. The van der Waals surface area contributed by atoms with Crippen molar-refractivity contribution >= 4 is 34.1 Å². The second-order valence-corrected chi connectivity index (χ2v) is 9.59. The molecule has 22 heavy (non-hydrogen) atoms. The van der Waals surface area contributed by atoms with Gasteiger partial charge in [-0.2, -0.15) is 0 Å². The molecule has 118 valence electrons. The van der Waals surface area contributed by atoms with Crippen LogP contribution in [0.25, 0.3) is 0 Å². The molecule has 0 aromatic heterocycles. The lowest BCUT2D eigenvalue weighted by molar-refractivity contribution is -0.122. The maximum atomic E-state index is 11.9. The van der Waals surface area contributed by atoms with Crippen molar-refractivity contribution in [2.45, 2.75) is 58.8 Å². The van der Waals surface area contributed by atoms with E-state index in [1.807, 2.05) is 0 Å². The van der Waals surface area contributed by atoms with Crippen molar-refractivity contribution < 1.29 is 4.79 Å². The highest BCUT2D eigenvalue weighted by molar-refractivity contribution is 7.37. The van der Waals surface area contributed by atoms with Crippen LogP contribution in [0.5, 0.6) is 0 Å². The van der Waals surface area contributed by atoms with E-state index in [1.165, 1.54) is 41.8 Å². The predicted molar refractivity (Wildman–Crippen MR) is 98.7 cm³/mol. The van der Waals surface area contributed by atoms with E-state index >= 15 is 0 Å². The minimum absolute atomic E-state index is 0.290. The van der Waals surface area contributed by atoms with E-state index in [1.54, 1.807) is 0 Å². The molecule has 0 unspecified atom stereocenters. The van der Waals surface area contributed by atoms with Gasteiger partial charge in [-0.3, -0.25) is 4.79 Å². The van der Waals surface area contributed by atoms with E-state index in [-0.39, 0.29) is 0 Å². The van der Waals surface area contributed by atoms with Crippen LogP contribution >= 0.6 is 17.7 Å². The quantitative estimate of drug-likeness (QED) is 0.462. The molecule has 0 spiro atoms. The molecule has 3 saturated carbocycles. The Morgan fingerprint density at radius 2 is 1.91 bits per heavy atom. The Kier molecular flexibility index (Phi) is 3.39. The van der Waals surface area contributed by atoms with Crippen molar-refractivity contribution in [3.05, 3.63) is 11.6 Å². The lowest BCUT2D eigenvalue weighted by Gasteiger charge is -2.56. The van der Waals surface area contributed by atoms with Gasteiger partial charge in [0.1, 0.15) is 5.78 Å². The van der Waals surface area contributed by atoms with Crippen molar-refractivity contribution in [3.63, 3.8) is 0 Å². The number of carbonyl (C=O) groups is 1. The molecule has 0 bridgehead atoms. The molecule has 4 aliphatic rings. The normalized spacial score (nSPS) is 47.6. The fraction of sp³-hybridized carbons (Fsp3) is 0.737.